The molecule has 0 spiro atoms. The van der Waals surface area contributed by atoms with Gasteiger partial charge in [0.1, 0.15) is 5.52 Å². The Morgan fingerprint density at radius 2 is 2.24 bits per heavy atom. The molecular weight excluding hydrogens is 283 g/mol. The van der Waals surface area contributed by atoms with E-state index in [4.69, 9.17) is 28.3 Å². The number of hydrogen-bond acceptors (Lipinski definition) is 4. The molecule has 2 N–H and O–H groups in total. The molecule has 0 fully saturated rings. The summed E-state index contributed by atoms with van der Waals surface area (Å²) in [5, 5.41) is 13.2. The number of aliphatic carboxylic acids is 1. The molecule has 0 aliphatic carbocycles. The third kappa shape index (κ3) is 3.00. The van der Waals surface area contributed by atoms with Gasteiger partial charge in [-0.25, -0.2) is 4.98 Å². The predicted octanol–water partition coefficient (Wildman–Crippen LogP) is 3.49. The lowest BCUT2D eigenvalue weighted by atomic mass is 10.3. The van der Waals surface area contributed by atoms with Crippen LogP contribution in [0.1, 0.15) is 6.42 Å². The van der Waals surface area contributed by atoms with Crippen molar-refractivity contribution in [3.05, 3.63) is 22.2 Å². The third-order valence-electron chi connectivity index (χ3n) is 2.03. The maximum atomic E-state index is 10.4. The summed E-state index contributed by atoms with van der Waals surface area (Å²) in [6.45, 7) is 0.334. The molecule has 17 heavy (non-hydrogen) atoms. The molecule has 0 radical (unpaired) electrons. The van der Waals surface area contributed by atoms with Gasteiger partial charge < -0.3 is 10.4 Å². The minimum Gasteiger partial charge on any atom is -0.481 e. The maximum Gasteiger partial charge on any atom is 0.305 e. The number of carboxylic acid groups (broad SMARTS) is 1. The van der Waals surface area contributed by atoms with Gasteiger partial charge >= 0.3 is 5.97 Å². The van der Waals surface area contributed by atoms with Crippen LogP contribution in [0, 0.1) is 0 Å². The van der Waals surface area contributed by atoms with Crippen molar-refractivity contribution >= 4 is 55.9 Å². The molecule has 0 aliphatic rings. The van der Waals surface area contributed by atoms with E-state index in [9.17, 15) is 4.79 Å². The fourth-order valence-corrected chi connectivity index (χ4v) is 2.92. The number of carboxylic acids is 1. The summed E-state index contributed by atoms with van der Waals surface area (Å²) in [5.74, 6) is -0.848. The minimum atomic E-state index is -0.848. The molecule has 7 heteroatoms. The Bertz CT molecular complexity index is 571. The van der Waals surface area contributed by atoms with E-state index in [1.54, 1.807) is 12.1 Å². The molecule has 90 valence electrons. The lowest BCUT2D eigenvalue weighted by molar-refractivity contribution is -0.136. The lowest BCUT2D eigenvalue weighted by Gasteiger charge is -1.97. The topological polar surface area (TPSA) is 62.2 Å². The van der Waals surface area contributed by atoms with Gasteiger partial charge in [-0.15, -0.1) is 0 Å². The number of aromatic nitrogens is 1. The van der Waals surface area contributed by atoms with Gasteiger partial charge in [-0.3, -0.25) is 4.79 Å². The average molecular weight is 291 g/mol. The van der Waals surface area contributed by atoms with Crippen molar-refractivity contribution in [1.82, 2.24) is 4.98 Å². The Labute approximate surface area is 111 Å². The Balaban J connectivity index is 2.20. The van der Waals surface area contributed by atoms with Gasteiger partial charge in [0.25, 0.3) is 0 Å². The van der Waals surface area contributed by atoms with Crippen molar-refractivity contribution in [3.63, 3.8) is 0 Å². The Kier molecular flexibility index (Phi) is 3.71. The van der Waals surface area contributed by atoms with Gasteiger partial charge in [0.15, 0.2) is 5.13 Å². The van der Waals surface area contributed by atoms with Gasteiger partial charge in [-0.1, -0.05) is 34.5 Å². The Morgan fingerprint density at radius 3 is 2.94 bits per heavy atom. The Hall–Kier alpha value is -1.04. The van der Waals surface area contributed by atoms with Crippen LogP contribution in [0.25, 0.3) is 10.2 Å². The van der Waals surface area contributed by atoms with Gasteiger partial charge in [0, 0.05) is 11.6 Å². The number of anilines is 1. The van der Waals surface area contributed by atoms with Crippen LogP contribution in [0.2, 0.25) is 10.0 Å². The molecule has 0 atom stereocenters. The van der Waals surface area contributed by atoms with E-state index in [1.807, 2.05) is 0 Å². The van der Waals surface area contributed by atoms with Gasteiger partial charge in [0.05, 0.1) is 16.1 Å². The second kappa shape index (κ2) is 5.08. The van der Waals surface area contributed by atoms with Gasteiger partial charge in [-0.05, 0) is 12.1 Å². The maximum absolute atomic E-state index is 10.4. The zero-order valence-electron chi connectivity index (χ0n) is 8.54. The highest BCUT2D eigenvalue weighted by atomic mass is 35.5. The van der Waals surface area contributed by atoms with Crippen molar-refractivity contribution in [2.45, 2.75) is 6.42 Å². The molecule has 4 nitrogen and oxygen atoms in total. The number of thiazole rings is 1. The van der Waals surface area contributed by atoms with Crippen molar-refractivity contribution in [3.8, 4) is 0 Å². The summed E-state index contributed by atoms with van der Waals surface area (Å²) in [5.41, 5.74) is 0.680. The van der Waals surface area contributed by atoms with Crippen LogP contribution in [0.4, 0.5) is 5.13 Å². The minimum absolute atomic E-state index is 0.0460. The standard InChI is InChI=1S/C10H8Cl2N2O2S/c11-5-3-6(12)9-7(4-5)17-10(14-9)13-2-1-8(15)16/h3-4H,1-2H2,(H,13,14)(H,15,16). The van der Waals surface area contributed by atoms with Crippen LogP contribution >= 0.6 is 34.5 Å². The molecule has 0 saturated carbocycles. The monoisotopic (exact) mass is 290 g/mol. The van der Waals surface area contributed by atoms with Crippen molar-refractivity contribution in [2.75, 3.05) is 11.9 Å². The van der Waals surface area contributed by atoms with E-state index < -0.39 is 5.97 Å². The number of fused-ring (bicyclic) bond motifs is 1. The summed E-state index contributed by atoms with van der Waals surface area (Å²) in [7, 11) is 0. The van der Waals surface area contributed by atoms with E-state index in [0.29, 0.717) is 27.2 Å². The Morgan fingerprint density at radius 1 is 1.47 bits per heavy atom. The first-order valence-electron chi connectivity index (χ1n) is 4.77. The first-order chi connectivity index (χ1) is 8.06. The zero-order valence-corrected chi connectivity index (χ0v) is 10.9. The fraction of sp³-hybridized carbons (Fsp3) is 0.200. The number of rotatable bonds is 4. The number of halogens is 2. The molecule has 0 saturated heterocycles. The van der Waals surface area contributed by atoms with Crippen LogP contribution in [-0.4, -0.2) is 22.6 Å². The van der Waals surface area contributed by atoms with Crippen LogP contribution < -0.4 is 5.32 Å². The first-order valence-corrected chi connectivity index (χ1v) is 6.35. The molecule has 0 unspecified atom stereocenters. The van der Waals surface area contributed by atoms with Crippen LogP contribution in [0.3, 0.4) is 0 Å². The van der Waals surface area contributed by atoms with E-state index in [2.05, 4.69) is 10.3 Å². The molecule has 0 aliphatic heterocycles. The average Bonchev–Trinajstić information content (AvgIpc) is 2.60. The van der Waals surface area contributed by atoms with E-state index in [1.165, 1.54) is 11.3 Å². The highest BCUT2D eigenvalue weighted by Crippen LogP contribution is 2.33. The first kappa shape index (κ1) is 12.4. The molecule has 0 amide bonds. The lowest BCUT2D eigenvalue weighted by Crippen LogP contribution is -2.06. The van der Waals surface area contributed by atoms with Crippen LogP contribution in [-0.2, 0) is 4.79 Å². The number of carbonyl (C=O) groups is 1. The molecule has 0 bridgehead atoms. The second-order valence-electron chi connectivity index (χ2n) is 3.32. The van der Waals surface area contributed by atoms with Crippen LogP contribution in [0.15, 0.2) is 12.1 Å². The predicted molar refractivity (Wildman–Crippen MR) is 70.4 cm³/mol. The molecule has 2 rings (SSSR count). The fourth-order valence-electron chi connectivity index (χ4n) is 1.31. The van der Waals surface area contributed by atoms with Crippen molar-refractivity contribution < 1.29 is 9.90 Å². The highest BCUT2D eigenvalue weighted by Gasteiger charge is 2.08. The summed E-state index contributed by atoms with van der Waals surface area (Å²) >= 11 is 13.3. The number of benzene rings is 1. The SMILES string of the molecule is O=C(O)CCNc1nc2c(Cl)cc(Cl)cc2s1. The van der Waals surface area contributed by atoms with E-state index in [0.717, 1.165) is 4.70 Å². The highest BCUT2D eigenvalue weighted by molar-refractivity contribution is 7.22. The van der Waals surface area contributed by atoms with Crippen LogP contribution in [0.5, 0.6) is 0 Å². The smallest absolute Gasteiger partial charge is 0.305 e. The summed E-state index contributed by atoms with van der Waals surface area (Å²) < 4.78 is 0.875. The molecule has 2 aromatic rings. The summed E-state index contributed by atoms with van der Waals surface area (Å²) in [4.78, 5) is 14.6. The number of nitrogens with one attached hydrogen (secondary N) is 1. The number of hydrogen-bond donors (Lipinski definition) is 2. The molecule has 1 aromatic carbocycles. The largest absolute Gasteiger partial charge is 0.481 e. The van der Waals surface area contributed by atoms with E-state index in [-0.39, 0.29) is 6.42 Å². The van der Waals surface area contributed by atoms with E-state index >= 15 is 0 Å². The third-order valence-corrected chi connectivity index (χ3v) is 3.49. The summed E-state index contributed by atoms with van der Waals surface area (Å²) in [6, 6.07) is 3.41. The van der Waals surface area contributed by atoms with Crippen molar-refractivity contribution in [2.24, 2.45) is 0 Å². The molecule has 1 aromatic heterocycles. The quantitative estimate of drug-likeness (QED) is 0.905. The second-order valence-corrected chi connectivity index (χ2v) is 5.20. The van der Waals surface area contributed by atoms with Crippen molar-refractivity contribution in [1.29, 1.82) is 0 Å². The molecular formula is C10H8Cl2N2O2S. The zero-order chi connectivity index (χ0) is 12.4. The molecule has 1 heterocycles. The number of nitrogens with zero attached hydrogens (tertiary/aromatic N) is 1. The normalized spacial score (nSPS) is 10.7. The van der Waals surface area contributed by atoms with Gasteiger partial charge in [-0.2, -0.15) is 0 Å². The summed E-state index contributed by atoms with van der Waals surface area (Å²) in [6.07, 6.45) is 0.0460. The van der Waals surface area contributed by atoms with Gasteiger partial charge in [0.2, 0.25) is 0 Å².